The average molecular weight is 580 g/mol. The fourth-order valence-electron chi connectivity index (χ4n) is 5.13. The molecule has 11 nitrogen and oxygen atoms in total. The normalized spacial score (nSPS) is 14.4. The Balaban J connectivity index is 1.21. The molecule has 1 aliphatic rings. The Morgan fingerprint density at radius 1 is 1.00 bits per heavy atom. The fraction of sp³-hybridized carbons (Fsp3) is 0.286. The first-order valence-electron chi connectivity index (χ1n) is 13.0. The number of piperazine rings is 1. The van der Waals surface area contributed by atoms with Gasteiger partial charge in [0.05, 0.1) is 17.6 Å². The van der Waals surface area contributed by atoms with Gasteiger partial charge in [-0.2, -0.15) is 0 Å². The van der Waals surface area contributed by atoms with E-state index in [1.807, 2.05) is 29.4 Å². The molecule has 5 rings (SSSR count). The number of rotatable bonds is 7. The number of benzene rings is 2. The van der Waals surface area contributed by atoms with Crippen LogP contribution in [0.1, 0.15) is 32.1 Å². The molecule has 1 amide bonds. The molecule has 214 valence electrons. The summed E-state index contributed by atoms with van der Waals surface area (Å²) in [5.41, 5.74) is 3.80. The lowest BCUT2D eigenvalue weighted by molar-refractivity contribution is 0.0624. The molecule has 2 aromatic heterocycles. The van der Waals surface area contributed by atoms with Gasteiger partial charge >= 0.3 is 0 Å². The first kappa shape index (κ1) is 28.3. The van der Waals surface area contributed by atoms with Gasteiger partial charge in [-0.05, 0) is 62.4 Å². The third kappa shape index (κ3) is 5.82. The average Bonchev–Trinajstić information content (AvgIpc) is 3.50. The number of hydrogen-bond donors (Lipinski definition) is 1. The molecule has 13 heteroatoms. The number of halogens is 1. The minimum atomic E-state index is -3.80. The predicted molar refractivity (Wildman–Crippen MR) is 150 cm³/mol. The number of aryl methyl sites for hydroxylation is 2. The van der Waals surface area contributed by atoms with Gasteiger partial charge in [0.2, 0.25) is 10.0 Å². The number of nitrogens with two attached hydrogens (primary N) is 1. The second kappa shape index (κ2) is 11.0. The van der Waals surface area contributed by atoms with Crippen molar-refractivity contribution in [2.45, 2.75) is 18.7 Å². The topological polar surface area (TPSA) is 136 Å². The standard InChI is InChI=1S/C28H30FN7O4S/c1-18-14-24(19(2)36(18)21-5-7-22(8-6-21)41(30,39)40)27(37)17-34-10-12-35(13-11-34)28(38)20-4-9-23(25(29)15-20)26-16-33(3)32-31-26/h4-9,14-16H,10-13,17H2,1-3H3,(H2,30,39,40). The molecule has 1 fully saturated rings. The van der Waals surface area contributed by atoms with Gasteiger partial charge in [0.25, 0.3) is 5.91 Å². The Kier molecular flexibility index (Phi) is 7.60. The highest BCUT2D eigenvalue weighted by Crippen LogP contribution is 2.24. The number of sulfonamides is 1. The van der Waals surface area contributed by atoms with Gasteiger partial charge in [-0.25, -0.2) is 17.9 Å². The number of Topliss-reactive ketones (excluding diaryl/α,β-unsaturated/α-hetero) is 1. The van der Waals surface area contributed by atoms with Crippen molar-refractivity contribution in [2.75, 3.05) is 32.7 Å². The zero-order chi connectivity index (χ0) is 29.5. The van der Waals surface area contributed by atoms with E-state index in [2.05, 4.69) is 10.3 Å². The highest BCUT2D eigenvalue weighted by Gasteiger charge is 2.26. The zero-order valence-corrected chi connectivity index (χ0v) is 23.7. The van der Waals surface area contributed by atoms with Crippen LogP contribution in [0, 0.1) is 19.7 Å². The fourth-order valence-corrected chi connectivity index (χ4v) is 5.65. The number of carbonyl (C=O) groups is 2. The van der Waals surface area contributed by atoms with Crippen LogP contribution in [0.5, 0.6) is 0 Å². The molecule has 0 bridgehead atoms. The van der Waals surface area contributed by atoms with E-state index in [9.17, 15) is 22.4 Å². The molecule has 1 aliphatic heterocycles. The molecular weight excluding hydrogens is 549 g/mol. The molecule has 0 radical (unpaired) electrons. The Morgan fingerprint density at radius 3 is 2.27 bits per heavy atom. The van der Waals surface area contributed by atoms with Crippen LogP contribution >= 0.6 is 0 Å². The van der Waals surface area contributed by atoms with Crippen LogP contribution in [0.4, 0.5) is 4.39 Å². The van der Waals surface area contributed by atoms with Crippen LogP contribution in [0.25, 0.3) is 16.9 Å². The highest BCUT2D eigenvalue weighted by atomic mass is 32.2. The van der Waals surface area contributed by atoms with Crippen LogP contribution < -0.4 is 5.14 Å². The van der Waals surface area contributed by atoms with Gasteiger partial charge in [-0.1, -0.05) is 5.21 Å². The van der Waals surface area contributed by atoms with Crippen molar-refractivity contribution in [3.63, 3.8) is 0 Å². The maximum Gasteiger partial charge on any atom is 0.254 e. The molecule has 0 unspecified atom stereocenters. The van der Waals surface area contributed by atoms with Crippen molar-refractivity contribution in [3.05, 3.63) is 83.1 Å². The van der Waals surface area contributed by atoms with E-state index < -0.39 is 15.8 Å². The maximum atomic E-state index is 14.8. The van der Waals surface area contributed by atoms with E-state index in [0.717, 1.165) is 17.1 Å². The van der Waals surface area contributed by atoms with Gasteiger partial charge in [0.1, 0.15) is 11.5 Å². The Bertz CT molecular complexity index is 1740. The molecule has 0 saturated carbocycles. The Morgan fingerprint density at radius 2 is 1.68 bits per heavy atom. The second-order valence-electron chi connectivity index (χ2n) is 10.1. The smallest absolute Gasteiger partial charge is 0.254 e. The van der Waals surface area contributed by atoms with Crippen LogP contribution in [-0.2, 0) is 17.1 Å². The summed E-state index contributed by atoms with van der Waals surface area (Å²) >= 11 is 0. The second-order valence-corrected chi connectivity index (χ2v) is 11.7. The van der Waals surface area contributed by atoms with Crippen molar-refractivity contribution in [1.29, 1.82) is 0 Å². The summed E-state index contributed by atoms with van der Waals surface area (Å²) in [4.78, 5) is 30.0. The third-order valence-corrected chi connectivity index (χ3v) is 8.21. The quantitative estimate of drug-likeness (QED) is 0.332. The molecule has 4 aromatic rings. The van der Waals surface area contributed by atoms with Crippen molar-refractivity contribution in [3.8, 4) is 16.9 Å². The third-order valence-electron chi connectivity index (χ3n) is 7.28. The number of carbonyl (C=O) groups excluding carboxylic acids is 2. The largest absolute Gasteiger partial charge is 0.336 e. The summed E-state index contributed by atoms with van der Waals surface area (Å²) in [6.45, 7) is 5.75. The van der Waals surface area contributed by atoms with Gasteiger partial charge in [0, 0.05) is 67.0 Å². The number of amides is 1. The van der Waals surface area contributed by atoms with E-state index >= 15 is 0 Å². The molecule has 0 spiro atoms. The summed E-state index contributed by atoms with van der Waals surface area (Å²) in [7, 11) is -2.11. The van der Waals surface area contributed by atoms with E-state index in [4.69, 9.17) is 5.14 Å². The van der Waals surface area contributed by atoms with Gasteiger partial charge in [-0.3, -0.25) is 19.2 Å². The van der Waals surface area contributed by atoms with Crippen LogP contribution in [0.2, 0.25) is 0 Å². The summed E-state index contributed by atoms with van der Waals surface area (Å²) in [5, 5.41) is 12.9. The summed E-state index contributed by atoms with van der Waals surface area (Å²) in [5.74, 6) is -0.858. The Hall–Kier alpha value is -4.20. The SMILES string of the molecule is Cc1cc(C(=O)CN2CCN(C(=O)c3ccc(-c4cn(C)nn4)c(F)c3)CC2)c(C)n1-c1ccc(S(N)(=O)=O)cc1. The monoisotopic (exact) mass is 579 g/mol. The first-order valence-corrected chi connectivity index (χ1v) is 14.5. The summed E-state index contributed by atoms with van der Waals surface area (Å²) < 4.78 is 41.3. The molecule has 0 atom stereocenters. The predicted octanol–water partition coefficient (Wildman–Crippen LogP) is 2.32. The molecule has 1 saturated heterocycles. The van der Waals surface area contributed by atoms with Gasteiger partial charge in [-0.15, -0.1) is 5.10 Å². The molecule has 0 aliphatic carbocycles. The minimum absolute atomic E-state index is 0.0156. The number of hydrogen-bond acceptors (Lipinski definition) is 7. The number of ketones is 1. The molecule has 2 N–H and O–H groups in total. The van der Waals surface area contributed by atoms with Gasteiger partial charge < -0.3 is 9.47 Å². The molecule has 41 heavy (non-hydrogen) atoms. The lowest BCUT2D eigenvalue weighted by atomic mass is 10.1. The van der Waals surface area contributed by atoms with E-state index in [-0.39, 0.29) is 34.3 Å². The Labute approximate surface area is 237 Å². The molecule has 2 aromatic carbocycles. The lowest BCUT2D eigenvalue weighted by Gasteiger charge is -2.34. The molecular formula is C28H30FN7O4S. The van der Waals surface area contributed by atoms with Crippen LogP contribution in [-0.4, -0.2) is 82.2 Å². The maximum absolute atomic E-state index is 14.8. The van der Waals surface area contributed by atoms with Crippen LogP contribution in [0.3, 0.4) is 0 Å². The van der Waals surface area contributed by atoms with Crippen molar-refractivity contribution >= 4 is 21.7 Å². The number of nitrogens with zero attached hydrogens (tertiary/aromatic N) is 6. The minimum Gasteiger partial charge on any atom is -0.336 e. The summed E-state index contributed by atoms with van der Waals surface area (Å²) in [6.07, 6.45) is 1.60. The van der Waals surface area contributed by atoms with E-state index in [1.165, 1.54) is 28.9 Å². The van der Waals surface area contributed by atoms with E-state index in [1.54, 1.807) is 36.3 Å². The molecule has 3 heterocycles. The highest BCUT2D eigenvalue weighted by molar-refractivity contribution is 7.89. The van der Waals surface area contributed by atoms with Crippen molar-refractivity contribution < 1.29 is 22.4 Å². The zero-order valence-electron chi connectivity index (χ0n) is 22.9. The summed E-state index contributed by atoms with van der Waals surface area (Å²) in [6, 6.07) is 12.3. The lowest BCUT2D eigenvalue weighted by Crippen LogP contribution is -2.49. The van der Waals surface area contributed by atoms with Crippen LogP contribution in [0.15, 0.2) is 59.6 Å². The van der Waals surface area contributed by atoms with E-state index in [0.29, 0.717) is 37.4 Å². The van der Waals surface area contributed by atoms with Crippen molar-refractivity contribution in [1.82, 2.24) is 29.4 Å². The number of primary sulfonamides is 1. The van der Waals surface area contributed by atoms with Crippen molar-refractivity contribution in [2.24, 2.45) is 12.2 Å². The first-order chi connectivity index (χ1) is 19.4. The van der Waals surface area contributed by atoms with Gasteiger partial charge in [0.15, 0.2) is 5.78 Å². The number of aromatic nitrogens is 4.